The third-order valence-corrected chi connectivity index (χ3v) is 6.37. The van der Waals surface area contributed by atoms with Crippen LogP contribution in [0.25, 0.3) is 22.3 Å². The Morgan fingerprint density at radius 1 is 0.667 bits per heavy atom. The molecule has 0 radical (unpaired) electrons. The Hall–Kier alpha value is -3.45. The van der Waals surface area contributed by atoms with E-state index in [1.54, 1.807) is 0 Å². The quantitative estimate of drug-likeness (QED) is 0.356. The van der Waals surface area contributed by atoms with Gasteiger partial charge in [-0.2, -0.15) is 0 Å². The van der Waals surface area contributed by atoms with Gasteiger partial charge in [-0.05, 0) is 50.6 Å². The molecule has 146 valence electrons. The molecular weight excluding hydrogens is 362 g/mol. The van der Waals surface area contributed by atoms with Gasteiger partial charge in [-0.15, -0.1) is 0 Å². The molecule has 0 amide bonds. The SMILES string of the molecule is CC1(C)c2ccccc2-c2ccc(C(=N)Cc3ccc(-c4ccccc4)cc3)cc21. The Balaban J connectivity index is 1.40. The van der Waals surface area contributed by atoms with E-state index in [9.17, 15) is 0 Å². The van der Waals surface area contributed by atoms with Crippen LogP contribution in [0.5, 0.6) is 0 Å². The molecule has 1 aliphatic carbocycles. The summed E-state index contributed by atoms with van der Waals surface area (Å²) < 4.78 is 0. The molecular formula is C29H25N. The van der Waals surface area contributed by atoms with E-state index in [-0.39, 0.29) is 5.41 Å². The summed E-state index contributed by atoms with van der Waals surface area (Å²) in [7, 11) is 0. The summed E-state index contributed by atoms with van der Waals surface area (Å²) in [6, 6.07) is 34.2. The fourth-order valence-corrected chi connectivity index (χ4v) is 4.64. The van der Waals surface area contributed by atoms with Gasteiger partial charge in [0.2, 0.25) is 0 Å². The van der Waals surface area contributed by atoms with E-state index < -0.39 is 0 Å². The number of benzene rings is 4. The maximum Gasteiger partial charge on any atom is 0.0430 e. The number of nitrogens with one attached hydrogen (secondary N) is 1. The highest BCUT2D eigenvalue weighted by atomic mass is 14.4. The van der Waals surface area contributed by atoms with Crippen LogP contribution in [0.2, 0.25) is 0 Å². The predicted molar refractivity (Wildman–Crippen MR) is 126 cm³/mol. The molecule has 1 aliphatic rings. The van der Waals surface area contributed by atoms with Gasteiger partial charge in [0.05, 0.1) is 0 Å². The van der Waals surface area contributed by atoms with Gasteiger partial charge < -0.3 is 5.41 Å². The highest BCUT2D eigenvalue weighted by Crippen LogP contribution is 2.48. The topological polar surface area (TPSA) is 23.9 Å². The van der Waals surface area contributed by atoms with Crippen molar-refractivity contribution in [3.05, 3.63) is 119 Å². The number of hydrogen-bond donors (Lipinski definition) is 1. The maximum absolute atomic E-state index is 8.74. The second-order valence-corrected chi connectivity index (χ2v) is 8.65. The molecule has 0 saturated carbocycles. The second kappa shape index (κ2) is 7.11. The van der Waals surface area contributed by atoms with Gasteiger partial charge in [0.1, 0.15) is 0 Å². The van der Waals surface area contributed by atoms with Crippen molar-refractivity contribution in [3.8, 4) is 22.3 Å². The maximum atomic E-state index is 8.74. The molecule has 4 aromatic carbocycles. The van der Waals surface area contributed by atoms with Crippen molar-refractivity contribution in [1.82, 2.24) is 0 Å². The minimum atomic E-state index is -0.0282. The van der Waals surface area contributed by atoms with Gasteiger partial charge in [0, 0.05) is 17.5 Å². The molecule has 0 aliphatic heterocycles. The standard InChI is InChI=1S/C29H25N/c1-29(2)26-11-7-6-10-24(26)25-17-16-23(19-27(25)29)28(30)18-20-12-14-22(15-13-20)21-8-4-3-5-9-21/h3-17,19,30H,18H2,1-2H3. The third-order valence-electron chi connectivity index (χ3n) is 6.37. The van der Waals surface area contributed by atoms with Crippen LogP contribution in [0, 0.1) is 5.41 Å². The van der Waals surface area contributed by atoms with Crippen LogP contribution in [0.15, 0.2) is 97.1 Å². The van der Waals surface area contributed by atoms with Crippen molar-refractivity contribution in [3.63, 3.8) is 0 Å². The molecule has 1 heteroatoms. The van der Waals surface area contributed by atoms with Crippen LogP contribution < -0.4 is 0 Å². The summed E-state index contributed by atoms with van der Waals surface area (Å²) in [4.78, 5) is 0. The first-order chi connectivity index (χ1) is 14.5. The van der Waals surface area contributed by atoms with Crippen molar-refractivity contribution >= 4 is 5.71 Å². The summed E-state index contributed by atoms with van der Waals surface area (Å²) >= 11 is 0. The van der Waals surface area contributed by atoms with Gasteiger partial charge >= 0.3 is 0 Å². The van der Waals surface area contributed by atoms with Gasteiger partial charge in [-0.3, -0.25) is 0 Å². The first-order valence-electron chi connectivity index (χ1n) is 10.5. The van der Waals surface area contributed by atoms with Gasteiger partial charge in [-0.25, -0.2) is 0 Å². The zero-order valence-electron chi connectivity index (χ0n) is 17.4. The summed E-state index contributed by atoms with van der Waals surface area (Å²) in [6.07, 6.45) is 0.640. The van der Waals surface area contributed by atoms with Gasteiger partial charge in [0.25, 0.3) is 0 Å². The molecule has 1 N–H and O–H groups in total. The van der Waals surface area contributed by atoms with E-state index in [1.165, 1.54) is 38.9 Å². The second-order valence-electron chi connectivity index (χ2n) is 8.65. The Labute approximate surface area is 178 Å². The van der Waals surface area contributed by atoms with Crippen LogP contribution >= 0.6 is 0 Å². The Morgan fingerprint density at radius 2 is 1.30 bits per heavy atom. The highest BCUT2D eigenvalue weighted by molar-refractivity contribution is 6.01. The fraction of sp³-hybridized carbons (Fsp3) is 0.138. The van der Waals surface area contributed by atoms with E-state index in [0.717, 1.165) is 5.56 Å². The lowest BCUT2D eigenvalue weighted by molar-refractivity contribution is 0.660. The van der Waals surface area contributed by atoms with Crippen molar-refractivity contribution in [2.75, 3.05) is 0 Å². The van der Waals surface area contributed by atoms with E-state index in [2.05, 4.69) is 105 Å². The lowest BCUT2D eigenvalue weighted by Gasteiger charge is -2.22. The first kappa shape index (κ1) is 18.6. The Kier molecular flexibility index (Phi) is 4.40. The molecule has 0 bridgehead atoms. The van der Waals surface area contributed by atoms with E-state index in [4.69, 9.17) is 5.41 Å². The molecule has 0 fully saturated rings. The lowest BCUT2D eigenvalue weighted by Crippen LogP contribution is -2.16. The highest BCUT2D eigenvalue weighted by Gasteiger charge is 2.35. The lowest BCUT2D eigenvalue weighted by atomic mass is 9.81. The minimum absolute atomic E-state index is 0.0282. The zero-order chi connectivity index (χ0) is 20.7. The summed E-state index contributed by atoms with van der Waals surface area (Å²) in [5.41, 5.74) is 10.6. The molecule has 1 nitrogen and oxygen atoms in total. The summed E-state index contributed by atoms with van der Waals surface area (Å²) in [5.74, 6) is 0. The number of fused-ring (bicyclic) bond motifs is 3. The molecule has 0 atom stereocenters. The van der Waals surface area contributed by atoms with Crippen LogP contribution in [0.4, 0.5) is 0 Å². The number of rotatable bonds is 4. The Bertz CT molecular complexity index is 1230. The van der Waals surface area contributed by atoms with E-state index in [1.807, 2.05) is 6.07 Å². The van der Waals surface area contributed by atoms with Crippen molar-refractivity contribution in [2.24, 2.45) is 0 Å². The van der Waals surface area contributed by atoms with Crippen molar-refractivity contribution in [1.29, 1.82) is 5.41 Å². The monoisotopic (exact) mass is 387 g/mol. The molecule has 30 heavy (non-hydrogen) atoms. The van der Waals surface area contributed by atoms with Gasteiger partial charge in [0.15, 0.2) is 0 Å². The molecule has 5 rings (SSSR count). The molecule has 0 unspecified atom stereocenters. The van der Waals surface area contributed by atoms with Crippen LogP contribution in [0.3, 0.4) is 0 Å². The molecule has 0 heterocycles. The fourth-order valence-electron chi connectivity index (χ4n) is 4.64. The van der Waals surface area contributed by atoms with Crippen LogP contribution in [-0.4, -0.2) is 5.71 Å². The molecule has 0 aromatic heterocycles. The molecule has 0 spiro atoms. The molecule has 4 aromatic rings. The van der Waals surface area contributed by atoms with E-state index >= 15 is 0 Å². The van der Waals surface area contributed by atoms with Crippen molar-refractivity contribution < 1.29 is 0 Å². The first-order valence-corrected chi connectivity index (χ1v) is 10.5. The predicted octanol–water partition coefficient (Wildman–Crippen LogP) is 7.27. The zero-order valence-corrected chi connectivity index (χ0v) is 17.4. The third kappa shape index (κ3) is 3.07. The summed E-state index contributed by atoms with van der Waals surface area (Å²) in [6.45, 7) is 4.57. The van der Waals surface area contributed by atoms with Crippen molar-refractivity contribution in [2.45, 2.75) is 25.7 Å². The number of hydrogen-bond acceptors (Lipinski definition) is 1. The summed E-state index contributed by atoms with van der Waals surface area (Å²) in [5, 5.41) is 8.74. The average Bonchev–Trinajstić information content (AvgIpc) is 3.02. The minimum Gasteiger partial charge on any atom is -0.304 e. The van der Waals surface area contributed by atoms with E-state index in [0.29, 0.717) is 12.1 Å². The van der Waals surface area contributed by atoms with Gasteiger partial charge in [-0.1, -0.05) is 105 Å². The normalized spacial score (nSPS) is 13.5. The van der Waals surface area contributed by atoms with Crippen LogP contribution in [-0.2, 0) is 11.8 Å². The average molecular weight is 388 g/mol. The van der Waals surface area contributed by atoms with Crippen LogP contribution in [0.1, 0.15) is 36.1 Å². The smallest absolute Gasteiger partial charge is 0.0430 e. The Morgan fingerprint density at radius 3 is 2.07 bits per heavy atom. The largest absolute Gasteiger partial charge is 0.304 e. The molecule has 0 saturated heterocycles.